The van der Waals surface area contributed by atoms with Gasteiger partial charge in [-0.15, -0.1) is 5.10 Å². The molecule has 4 aromatic rings. The van der Waals surface area contributed by atoms with Crippen molar-refractivity contribution in [1.29, 1.82) is 5.26 Å². The van der Waals surface area contributed by atoms with E-state index in [2.05, 4.69) is 28.1 Å². The first-order valence-electron chi connectivity index (χ1n) is 9.77. The zero-order valence-corrected chi connectivity index (χ0v) is 17.7. The second kappa shape index (κ2) is 8.56. The fourth-order valence-electron chi connectivity index (χ4n) is 3.60. The van der Waals surface area contributed by atoms with E-state index in [1.165, 1.54) is 11.8 Å². The quantitative estimate of drug-likeness (QED) is 0.477. The summed E-state index contributed by atoms with van der Waals surface area (Å²) in [6.45, 7) is 2.09. The third-order valence-corrected chi connectivity index (χ3v) is 5.59. The molecule has 0 unspecified atom stereocenters. The van der Waals surface area contributed by atoms with E-state index >= 15 is 0 Å². The van der Waals surface area contributed by atoms with Crippen LogP contribution in [-0.2, 0) is 12.8 Å². The largest absolute Gasteiger partial charge is 0.290 e. The molecule has 7 heteroatoms. The Bertz CT molecular complexity index is 1300. The summed E-state index contributed by atoms with van der Waals surface area (Å²) in [6.07, 6.45) is 4.08. The number of nitrogens with one attached hydrogen (secondary N) is 1. The number of nitrogens with zero attached hydrogens (tertiary/aromatic N) is 4. The first kappa shape index (κ1) is 19.9. The van der Waals surface area contributed by atoms with E-state index in [1.54, 1.807) is 4.52 Å². The molecular formula is C23H21N5OS. The van der Waals surface area contributed by atoms with Crippen molar-refractivity contribution in [1.82, 2.24) is 19.6 Å². The zero-order valence-electron chi connectivity index (χ0n) is 16.8. The van der Waals surface area contributed by atoms with Crippen molar-refractivity contribution in [3.8, 4) is 17.2 Å². The molecule has 30 heavy (non-hydrogen) atoms. The Morgan fingerprint density at radius 1 is 1.17 bits per heavy atom. The Hall–Kier alpha value is -3.37. The molecule has 2 heterocycles. The van der Waals surface area contributed by atoms with Gasteiger partial charge in [0, 0.05) is 12.0 Å². The number of aromatic nitrogens is 4. The molecule has 0 radical (unpaired) electrons. The third-order valence-electron chi connectivity index (χ3n) is 5.05. The predicted molar refractivity (Wildman–Crippen MR) is 119 cm³/mol. The van der Waals surface area contributed by atoms with E-state index in [4.69, 9.17) is 0 Å². The summed E-state index contributed by atoms with van der Waals surface area (Å²) in [7, 11) is 0. The van der Waals surface area contributed by atoms with Crippen LogP contribution < -0.4 is 5.56 Å². The first-order chi connectivity index (χ1) is 14.6. The average molecular weight is 416 g/mol. The number of thioether (sulfide) groups is 1. The number of fused-ring (bicyclic) bond motifs is 1. The number of rotatable bonds is 6. The van der Waals surface area contributed by atoms with Crippen LogP contribution in [0.2, 0.25) is 0 Å². The standard InChI is InChI=1S/C23H21N5OS/c1-3-6-20-19(21(29)25-22-26-23(30-2)27-28(20)22)13-15-9-11-16(12-10-15)18-8-5-4-7-17(18)14-24/h4-5,7-12H,3,6,13H2,1-2H3,(H,25,26,27,29). The van der Waals surface area contributed by atoms with E-state index in [1.807, 2.05) is 54.8 Å². The molecule has 2 aromatic heterocycles. The highest BCUT2D eigenvalue weighted by molar-refractivity contribution is 7.98. The molecule has 0 atom stereocenters. The number of aryl methyl sites for hydroxylation is 1. The van der Waals surface area contributed by atoms with E-state index in [9.17, 15) is 10.1 Å². The van der Waals surface area contributed by atoms with Crippen molar-refractivity contribution in [2.24, 2.45) is 0 Å². The summed E-state index contributed by atoms with van der Waals surface area (Å²) in [4.78, 5) is 20.1. The molecule has 1 N–H and O–H groups in total. The van der Waals surface area contributed by atoms with Crippen LogP contribution in [0.5, 0.6) is 0 Å². The topological polar surface area (TPSA) is 86.8 Å². The molecular weight excluding hydrogens is 394 g/mol. The molecule has 2 aromatic carbocycles. The van der Waals surface area contributed by atoms with Crippen molar-refractivity contribution in [2.75, 3.05) is 6.26 Å². The molecule has 0 amide bonds. The van der Waals surface area contributed by atoms with Crippen LogP contribution in [0.1, 0.15) is 35.7 Å². The molecule has 0 saturated carbocycles. The summed E-state index contributed by atoms with van der Waals surface area (Å²) in [5.74, 6) is 0.486. The van der Waals surface area contributed by atoms with Gasteiger partial charge in [0.05, 0.1) is 17.3 Å². The molecule has 0 aliphatic carbocycles. The lowest BCUT2D eigenvalue weighted by Crippen LogP contribution is -2.20. The molecule has 0 saturated heterocycles. The highest BCUT2D eigenvalue weighted by Crippen LogP contribution is 2.24. The van der Waals surface area contributed by atoms with Gasteiger partial charge in [0.25, 0.3) is 5.56 Å². The third kappa shape index (κ3) is 3.74. The smallest absolute Gasteiger partial charge is 0.256 e. The number of hydrogen-bond acceptors (Lipinski definition) is 5. The predicted octanol–water partition coefficient (Wildman–Crippen LogP) is 4.22. The van der Waals surface area contributed by atoms with Gasteiger partial charge in [0.1, 0.15) is 0 Å². The summed E-state index contributed by atoms with van der Waals surface area (Å²) < 4.78 is 1.77. The minimum absolute atomic E-state index is 0.120. The van der Waals surface area contributed by atoms with Crippen LogP contribution in [0.15, 0.2) is 58.5 Å². The van der Waals surface area contributed by atoms with Gasteiger partial charge in [-0.3, -0.25) is 9.78 Å². The van der Waals surface area contributed by atoms with Crippen molar-refractivity contribution < 1.29 is 0 Å². The number of aromatic amines is 1. The van der Waals surface area contributed by atoms with Gasteiger partial charge < -0.3 is 0 Å². The lowest BCUT2D eigenvalue weighted by molar-refractivity contribution is 0.755. The van der Waals surface area contributed by atoms with Crippen molar-refractivity contribution in [3.05, 3.63) is 81.3 Å². The van der Waals surface area contributed by atoms with Crippen molar-refractivity contribution in [3.63, 3.8) is 0 Å². The molecule has 0 bridgehead atoms. The van der Waals surface area contributed by atoms with Crippen LogP contribution in [0, 0.1) is 11.3 Å². The lowest BCUT2D eigenvalue weighted by atomic mass is 9.97. The van der Waals surface area contributed by atoms with Gasteiger partial charge in [0.2, 0.25) is 10.9 Å². The molecule has 0 fully saturated rings. The van der Waals surface area contributed by atoms with E-state index in [0.29, 0.717) is 28.5 Å². The number of hydrogen-bond donors (Lipinski definition) is 1. The molecule has 0 aliphatic heterocycles. The van der Waals surface area contributed by atoms with E-state index < -0.39 is 0 Å². The molecule has 4 rings (SSSR count). The Labute approximate surface area is 178 Å². The molecule has 0 spiro atoms. The number of benzene rings is 2. The highest BCUT2D eigenvalue weighted by atomic mass is 32.2. The summed E-state index contributed by atoms with van der Waals surface area (Å²) in [6, 6.07) is 17.8. The molecule has 0 aliphatic rings. The van der Waals surface area contributed by atoms with Crippen LogP contribution in [0.25, 0.3) is 16.9 Å². The zero-order chi connectivity index (χ0) is 21.1. The minimum atomic E-state index is -0.120. The van der Waals surface area contributed by atoms with Gasteiger partial charge in [0.15, 0.2) is 0 Å². The van der Waals surface area contributed by atoms with Crippen LogP contribution >= 0.6 is 11.8 Å². The fourth-order valence-corrected chi connectivity index (χ4v) is 3.94. The first-order valence-corrected chi connectivity index (χ1v) is 11.0. The number of nitriles is 1. The van der Waals surface area contributed by atoms with Gasteiger partial charge in [-0.2, -0.15) is 10.2 Å². The van der Waals surface area contributed by atoms with Gasteiger partial charge in [-0.05, 0) is 35.4 Å². The van der Waals surface area contributed by atoms with Crippen molar-refractivity contribution in [2.45, 2.75) is 31.3 Å². The molecule has 150 valence electrons. The Kier molecular flexibility index (Phi) is 5.68. The summed E-state index contributed by atoms with van der Waals surface area (Å²) >= 11 is 1.45. The van der Waals surface area contributed by atoms with Gasteiger partial charge in [-0.25, -0.2) is 4.52 Å². The maximum Gasteiger partial charge on any atom is 0.256 e. The highest BCUT2D eigenvalue weighted by Gasteiger charge is 2.16. The summed E-state index contributed by atoms with van der Waals surface area (Å²) in [5, 5.41) is 14.5. The molecule has 6 nitrogen and oxygen atoms in total. The lowest BCUT2D eigenvalue weighted by Gasteiger charge is -2.10. The maximum absolute atomic E-state index is 12.8. The second-order valence-corrected chi connectivity index (χ2v) is 7.77. The van der Waals surface area contributed by atoms with Gasteiger partial charge >= 0.3 is 0 Å². The van der Waals surface area contributed by atoms with E-state index in [-0.39, 0.29) is 5.56 Å². The van der Waals surface area contributed by atoms with Crippen LogP contribution in [0.3, 0.4) is 0 Å². The average Bonchev–Trinajstić information content (AvgIpc) is 3.19. The maximum atomic E-state index is 12.8. The SMILES string of the molecule is CCCc1c(Cc2ccc(-c3ccccc3C#N)cc2)c(=O)[nH]c2nc(SC)nn12. The van der Waals surface area contributed by atoms with E-state index in [0.717, 1.165) is 35.2 Å². The fraction of sp³-hybridized carbons (Fsp3) is 0.217. The Morgan fingerprint density at radius 3 is 2.63 bits per heavy atom. The second-order valence-electron chi connectivity index (χ2n) is 6.99. The van der Waals surface area contributed by atoms with Crippen LogP contribution in [0.4, 0.5) is 0 Å². The van der Waals surface area contributed by atoms with Crippen molar-refractivity contribution >= 4 is 17.5 Å². The Morgan fingerprint density at radius 2 is 1.93 bits per heavy atom. The summed E-state index contributed by atoms with van der Waals surface area (Å²) in [5.41, 5.74) is 5.06. The number of H-pyrrole nitrogens is 1. The minimum Gasteiger partial charge on any atom is -0.290 e. The van der Waals surface area contributed by atoms with Crippen LogP contribution in [-0.4, -0.2) is 25.8 Å². The Balaban J connectivity index is 1.72. The van der Waals surface area contributed by atoms with Gasteiger partial charge in [-0.1, -0.05) is 67.6 Å². The monoisotopic (exact) mass is 415 g/mol. The normalized spacial score (nSPS) is 11.0.